The van der Waals surface area contributed by atoms with Crippen LogP contribution >= 0.6 is 0 Å². The molecule has 0 spiro atoms. The van der Waals surface area contributed by atoms with E-state index in [9.17, 15) is 9.59 Å². The molecule has 1 unspecified atom stereocenters. The number of nitrogens with zero attached hydrogens (tertiary/aromatic N) is 4. The molecule has 0 radical (unpaired) electrons. The zero-order valence-corrected chi connectivity index (χ0v) is 15.0. The summed E-state index contributed by atoms with van der Waals surface area (Å²) in [5.41, 5.74) is 1.25. The van der Waals surface area contributed by atoms with Gasteiger partial charge in [0.15, 0.2) is 0 Å². The molecule has 0 saturated heterocycles. The quantitative estimate of drug-likeness (QED) is 0.708. The van der Waals surface area contributed by atoms with Gasteiger partial charge in [-0.05, 0) is 31.4 Å². The topological polar surface area (TPSA) is 69.4 Å². The van der Waals surface area contributed by atoms with Crippen molar-refractivity contribution >= 4 is 22.4 Å². The van der Waals surface area contributed by atoms with E-state index in [1.54, 1.807) is 35.8 Å². The van der Waals surface area contributed by atoms with Gasteiger partial charge in [0, 0.05) is 18.6 Å². The number of aryl methyl sites for hydroxylation is 2. The fraction of sp³-hybridized carbons (Fsp3) is 0.316. The van der Waals surface area contributed by atoms with Crippen LogP contribution in [0.1, 0.15) is 18.7 Å². The minimum Gasteiger partial charge on any atom is -0.474 e. The zero-order chi connectivity index (χ0) is 18.4. The van der Waals surface area contributed by atoms with E-state index in [0.29, 0.717) is 30.1 Å². The number of aromatic nitrogens is 3. The van der Waals surface area contributed by atoms with E-state index in [-0.39, 0.29) is 11.5 Å². The number of ether oxygens (including phenoxy) is 1. The molecule has 1 aliphatic heterocycles. The van der Waals surface area contributed by atoms with E-state index >= 15 is 0 Å². The lowest BCUT2D eigenvalue weighted by Crippen LogP contribution is -2.43. The van der Waals surface area contributed by atoms with Crippen LogP contribution in [0.3, 0.4) is 0 Å². The summed E-state index contributed by atoms with van der Waals surface area (Å²) in [7, 11) is 1.79. The Morgan fingerprint density at radius 1 is 1.27 bits per heavy atom. The summed E-state index contributed by atoms with van der Waals surface area (Å²) in [6, 6.07) is 8.62. The minimum absolute atomic E-state index is 0.150. The molecule has 0 bridgehead atoms. The highest BCUT2D eigenvalue weighted by Gasteiger charge is 2.32. The molecule has 1 atom stereocenters. The first-order chi connectivity index (χ1) is 12.5. The number of hydrogen-bond donors (Lipinski definition) is 0. The van der Waals surface area contributed by atoms with Gasteiger partial charge in [0.2, 0.25) is 11.8 Å². The lowest BCUT2D eigenvalue weighted by atomic mass is 10.1. The second-order valence-corrected chi connectivity index (χ2v) is 6.49. The Bertz CT molecular complexity index is 1070. The smallest absolute Gasteiger partial charge is 0.259 e. The SMILES string of the molecule is Cc1nn(C)c2c1N(C(=O)C(C)n1ccc3ccccc3c1=O)CCO2. The third-order valence-corrected chi connectivity index (χ3v) is 4.84. The highest BCUT2D eigenvalue weighted by Crippen LogP contribution is 2.35. The molecule has 1 amide bonds. The lowest BCUT2D eigenvalue weighted by Gasteiger charge is -2.30. The van der Waals surface area contributed by atoms with Crippen molar-refractivity contribution in [3.05, 3.63) is 52.6 Å². The third-order valence-electron chi connectivity index (χ3n) is 4.84. The van der Waals surface area contributed by atoms with Crippen molar-refractivity contribution in [2.75, 3.05) is 18.1 Å². The van der Waals surface area contributed by atoms with Crippen LogP contribution in [0.4, 0.5) is 5.69 Å². The van der Waals surface area contributed by atoms with Crippen LogP contribution in [-0.2, 0) is 11.8 Å². The fourth-order valence-corrected chi connectivity index (χ4v) is 3.52. The molecule has 1 aromatic carbocycles. The second-order valence-electron chi connectivity index (χ2n) is 6.49. The van der Waals surface area contributed by atoms with E-state index < -0.39 is 6.04 Å². The Balaban J connectivity index is 1.74. The largest absolute Gasteiger partial charge is 0.474 e. The molecule has 3 heterocycles. The van der Waals surface area contributed by atoms with E-state index in [4.69, 9.17) is 4.74 Å². The summed E-state index contributed by atoms with van der Waals surface area (Å²) in [4.78, 5) is 27.7. The van der Waals surface area contributed by atoms with Gasteiger partial charge in [0.05, 0.1) is 12.2 Å². The highest BCUT2D eigenvalue weighted by atomic mass is 16.5. The maximum absolute atomic E-state index is 13.2. The highest BCUT2D eigenvalue weighted by molar-refractivity contribution is 5.98. The number of fused-ring (bicyclic) bond motifs is 2. The molecular weight excluding hydrogens is 332 g/mol. The summed E-state index contributed by atoms with van der Waals surface area (Å²) in [6.45, 7) is 4.43. The van der Waals surface area contributed by atoms with Crippen molar-refractivity contribution in [1.82, 2.24) is 14.3 Å². The Kier molecular flexibility index (Phi) is 3.79. The Morgan fingerprint density at radius 2 is 2.04 bits per heavy atom. The average Bonchev–Trinajstić information content (AvgIpc) is 2.95. The summed E-state index contributed by atoms with van der Waals surface area (Å²) in [5, 5.41) is 5.82. The van der Waals surface area contributed by atoms with E-state index in [1.807, 2.05) is 31.2 Å². The van der Waals surface area contributed by atoms with Crippen LogP contribution < -0.4 is 15.2 Å². The van der Waals surface area contributed by atoms with Crippen molar-refractivity contribution in [3.8, 4) is 5.88 Å². The lowest BCUT2D eigenvalue weighted by molar-refractivity contribution is -0.121. The van der Waals surface area contributed by atoms with Gasteiger partial charge in [-0.15, -0.1) is 0 Å². The van der Waals surface area contributed by atoms with Gasteiger partial charge < -0.3 is 14.2 Å². The number of amides is 1. The van der Waals surface area contributed by atoms with Crippen molar-refractivity contribution in [1.29, 1.82) is 0 Å². The molecule has 3 aromatic rings. The predicted molar refractivity (Wildman–Crippen MR) is 98.7 cm³/mol. The molecule has 0 saturated carbocycles. The van der Waals surface area contributed by atoms with Crippen molar-refractivity contribution in [2.24, 2.45) is 7.05 Å². The van der Waals surface area contributed by atoms with Crippen LogP contribution in [0.25, 0.3) is 10.8 Å². The van der Waals surface area contributed by atoms with Crippen LogP contribution in [0.5, 0.6) is 5.88 Å². The van der Waals surface area contributed by atoms with Gasteiger partial charge >= 0.3 is 0 Å². The van der Waals surface area contributed by atoms with Gasteiger partial charge in [-0.1, -0.05) is 18.2 Å². The molecule has 0 aliphatic carbocycles. The third kappa shape index (κ3) is 2.39. The molecule has 2 aromatic heterocycles. The van der Waals surface area contributed by atoms with Gasteiger partial charge in [0.1, 0.15) is 18.3 Å². The van der Waals surface area contributed by atoms with Gasteiger partial charge in [-0.2, -0.15) is 5.10 Å². The summed E-state index contributed by atoms with van der Waals surface area (Å²) >= 11 is 0. The van der Waals surface area contributed by atoms with Crippen molar-refractivity contribution in [3.63, 3.8) is 0 Å². The van der Waals surface area contributed by atoms with Gasteiger partial charge in [-0.25, -0.2) is 4.68 Å². The van der Waals surface area contributed by atoms with Crippen molar-refractivity contribution in [2.45, 2.75) is 19.9 Å². The van der Waals surface area contributed by atoms with Crippen LogP contribution in [-0.4, -0.2) is 33.4 Å². The molecule has 7 nitrogen and oxygen atoms in total. The van der Waals surface area contributed by atoms with E-state index in [2.05, 4.69) is 5.10 Å². The van der Waals surface area contributed by atoms with Gasteiger partial charge in [-0.3, -0.25) is 9.59 Å². The standard InChI is InChI=1S/C19H20N4O3/c1-12-16-19(21(3)20-12)26-11-10-23(16)17(24)13(2)22-9-8-14-6-4-5-7-15(14)18(22)25/h4-9,13H,10-11H2,1-3H3. The first-order valence-corrected chi connectivity index (χ1v) is 8.56. The maximum atomic E-state index is 13.2. The molecule has 7 heteroatoms. The number of hydrogen-bond acceptors (Lipinski definition) is 4. The monoisotopic (exact) mass is 352 g/mol. The second kappa shape index (κ2) is 6.01. The summed E-state index contributed by atoms with van der Waals surface area (Å²) in [5.74, 6) is 0.434. The molecular formula is C19H20N4O3. The average molecular weight is 352 g/mol. The number of carbonyl (C=O) groups is 1. The first-order valence-electron chi connectivity index (χ1n) is 8.56. The molecule has 134 valence electrons. The maximum Gasteiger partial charge on any atom is 0.259 e. The number of pyridine rings is 1. The molecule has 0 N–H and O–H groups in total. The van der Waals surface area contributed by atoms with Gasteiger partial charge in [0.25, 0.3) is 5.56 Å². The molecule has 4 rings (SSSR count). The first kappa shape index (κ1) is 16.4. The zero-order valence-electron chi connectivity index (χ0n) is 15.0. The number of anilines is 1. The molecule has 0 fully saturated rings. The number of carbonyl (C=O) groups excluding carboxylic acids is 1. The Labute approximate surface area is 150 Å². The van der Waals surface area contributed by atoms with Crippen LogP contribution in [0, 0.1) is 6.92 Å². The Morgan fingerprint density at radius 3 is 2.85 bits per heavy atom. The predicted octanol–water partition coefficient (Wildman–Crippen LogP) is 2.03. The minimum atomic E-state index is -0.627. The fourth-order valence-electron chi connectivity index (χ4n) is 3.52. The van der Waals surface area contributed by atoms with Crippen molar-refractivity contribution < 1.29 is 9.53 Å². The Hall–Kier alpha value is -3.09. The van der Waals surface area contributed by atoms with E-state index in [1.165, 1.54) is 4.57 Å². The number of rotatable bonds is 2. The summed E-state index contributed by atoms with van der Waals surface area (Å²) in [6.07, 6.45) is 1.69. The summed E-state index contributed by atoms with van der Waals surface area (Å²) < 4.78 is 8.79. The van der Waals surface area contributed by atoms with Crippen LogP contribution in [0.2, 0.25) is 0 Å². The van der Waals surface area contributed by atoms with E-state index in [0.717, 1.165) is 11.1 Å². The normalized spacial score (nSPS) is 14.8. The molecule has 26 heavy (non-hydrogen) atoms. The molecule has 1 aliphatic rings. The number of benzene rings is 1. The van der Waals surface area contributed by atoms with Crippen LogP contribution in [0.15, 0.2) is 41.3 Å².